The maximum Gasteiger partial charge on any atom is 0.416 e. The summed E-state index contributed by atoms with van der Waals surface area (Å²) in [5.74, 6) is 0. The molecule has 0 spiro atoms. The van der Waals surface area contributed by atoms with Crippen LogP contribution in [0, 0.1) is 0 Å². The molecule has 0 saturated carbocycles. The standard InChI is InChI=1S/C15H21F3N2/c1-20-8-3-6-14(7-9-20)19-11-12-4-2-5-13(10-12)15(16,17)18/h2,4-5,10,14,19H,3,6-9,11H2,1H3. The smallest absolute Gasteiger partial charge is 0.310 e. The van der Waals surface area contributed by atoms with E-state index in [0.29, 0.717) is 18.2 Å². The van der Waals surface area contributed by atoms with Crippen LogP contribution in [0.5, 0.6) is 0 Å². The molecule has 1 saturated heterocycles. The lowest BCUT2D eigenvalue weighted by atomic mass is 10.1. The Kier molecular flexibility index (Phi) is 5.05. The molecule has 1 fully saturated rings. The van der Waals surface area contributed by atoms with Crippen molar-refractivity contribution in [2.45, 2.75) is 38.0 Å². The molecule has 1 aromatic rings. The first-order valence-corrected chi connectivity index (χ1v) is 7.03. The number of nitrogens with zero attached hydrogens (tertiary/aromatic N) is 1. The van der Waals surface area contributed by atoms with E-state index in [1.807, 2.05) is 0 Å². The molecule has 5 heteroatoms. The Morgan fingerprint density at radius 1 is 1.25 bits per heavy atom. The van der Waals surface area contributed by atoms with Crippen LogP contribution in [0.4, 0.5) is 13.2 Å². The zero-order chi connectivity index (χ0) is 14.6. The highest BCUT2D eigenvalue weighted by Crippen LogP contribution is 2.29. The highest BCUT2D eigenvalue weighted by Gasteiger charge is 2.30. The van der Waals surface area contributed by atoms with Gasteiger partial charge in [-0.05, 0) is 51.0 Å². The van der Waals surface area contributed by atoms with Gasteiger partial charge < -0.3 is 10.2 Å². The highest BCUT2D eigenvalue weighted by atomic mass is 19.4. The second-order valence-corrected chi connectivity index (χ2v) is 5.51. The van der Waals surface area contributed by atoms with E-state index < -0.39 is 11.7 Å². The minimum Gasteiger partial charge on any atom is -0.310 e. The van der Waals surface area contributed by atoms with E-state index in [1.54, 1.807) is 6.07 Å². The number of hydrogen-bond acceptors (Lipinski definition) is 2. The van der Waals surface area contributed by atoms with E-state index in [-0.39, 0.29) is 0 Å². The third-order valence-electron chi connectivity index (χ3n) is 3.80. The Hall–Kier alpha value is -1.07. The Labute approximate surface area is 118 Å². The molecule has 20 heavy (non-hydrogen) atoms. The zero-order valence-corrected chi connectivity index (χ0v) is 11.7. The van der Waals surface area contributed by atoms with E-state index in [9.17, 15) is 13.2 Å². The van der Waals surface area contributed by atoms with Crippen LogP contribution in [0.2, 0.25) is 0 Å². The zero-order valence-electron chi connectivity index (χ0n) is 11.7. The number of rotatable bonds is 3. The lowest BCUT2D eigenvalue weighted by Crippen LogP contribution is -2.29. The van der Waals surface area contributed by atoms with Gasteiger partial charge in [0.15, 0.2) is 0 Å². The first kappa shape index (κ1) is 15.3. The van der Waals surface area contributed by atoms with Crippen LogP contribution in [0.15, 0.2) is 24.3 Å². The predicted octanol–water partition coefficient (Wildman–Crippen LogP) is 3.28. The quantitative estimate of drug-likeness (QED) is 0.917. The Morgan fingerprint density at radius 3 is 2.80 bits per heavy atom. The van der Waals surface area contributed by atoms with Gasteiger partial charge >= 0.3 is 6.18 Å². The maximum absolute atomic E-state index is 12.6. The molecular weight excluding hydrogens is 265 g/mol. The van der Waals surface area contributed by atoms with Gasteiger partial charge in [0.1, 0.15) is 0 Å². The third kappa shape index (κ3) is 4.49. The van der Waals surface area contributed by atoms with Crippen LogP contribution in [0.1, 0.15) is 30.4 Å². The van der Waals surface area contributed by atoms with E-state index in [4.69, 9.17) is 0 Å². The molecule has 1 atom stereocenters. The van der Waals surface area contributed by atoms with Crippen LogP contribution in [0.3, 0.4) is 0 Å². The summed E-state index contributed by atoms with van der Waals surface area (Å²) in [6.07, 6.45) is -0.990. The first-order chi connectivity index (χ1) is 9.45. The molecule has 0 bridgehead atoms. The van der Waals surface area contributed by atoms with Crippen molar-refractivity contribution in [2.75, 3.05) is 20.1 Å². The van der Waals surface area contributed by atoms with Gasteiger partial charge in [-0.25, -0.2) is 0 Å². The number of halogens is 3. The van der Waals surface area contributed by atoms with Crippen LogP contribution in [0.25, 0.3) is 0 Å². The van der Waals surface area contributed by atoms with Crippen molar-refractivity contribution in [3.63, 3.8) is 0 Å². The molecular formula is C15H21F3N2. The van der Waals surface area contributed by atoms with Gasteiger partial charge in [-0.15, -0.1) is 0 Å². The fourth-order valence-electron chi connectivity index (χ4n) is 2.56. The molecule has 1 aromatic carbocycles. The molecule has 0 aromatic heterocycles. The lowest BCUT2D eigenvalue weighted by molar-refractivity contribution is -0.137. The highest BCUT2D eigenvalue weighted by molar-refractivity contribution is 5.25. The van der Waals surface area contributed by atoms with Gasteiger partial charge in [0.05, 0.1) is 5.56 Å². The number of benzene rings is 1. The van der Waals surface area contributed by atoms with Gasteiger partial charge in [0.25, 0.3) is 0 Å². The first-order valence-electron chi connectivity index (χ1n) is 7.03. The molecule has 1 heterocycles. The topological polar surface area (TPSA) is 15.3 Å². The van der Waals surface area contributed by atoms with Gasteiger partial charge in [0.2, 0.25) is 0 Å². The average Bonchev–Trinajstić information content (AvgIpc) is 2.61. The molecule has 0 amide bonds. The minimum absolute atomic E-state index is 0.398. The summed E-state index contributed by atoms with van der Waals surface area (Å²) < 4.78 is 37.9. The van der Waals surface area contributed by atoms with Gasteiger partial charge in [-0.3, -0.25) is 0 Å². The van der Waals surface area contributed by atoms with Crippen LogP contribution < -0.4 is 5.32 Å². The van der Waals surface area contributed by atoms with Crippen molar-refractivity contribution in [2.24, 2.45) is 0 Å². The summed E-state index contributed by atoms with van der Waals surface area (Å²) in [6.45, 7) is 2.64. The third-order valence-corrected chi connectivity index (χ3v) is 3.80. The molecule has 1 unspecified atom stereocenters. The van der Waals surface area contributed by atoms with Crippen LogP contribution >= 0.6 is 0 Å². The summed E-state index contributed by atoms with van der Waals surface area (Å²) in [6, 6.07) is 5.96. The fraction of sp³-hybridized carbons (Fsp3) is 0.600. The van der Waals surface area contributed by atoms with Crippen LogP contribution in [-0.4, -0.2) is 31.1 Å². The summed E-state index contributed by atoms with van der Waals surface area (Å²) in [5.41, 5.74) is 0.120. The van der Waals surface area contributed by atoms with Crippen molar-refractivity contribution in [1.29, 1.82) is 0 Å². The van der Waals surface area contributed by atoms with E-state index in [1.165, 1.54) is 12.1 Å². The van der Waals surface area contributed by atoms with Gasteiger partial charge in [-0.1, -0.05) is 18.2 Å². The number of hydrogen-bond donors (Lipinski definition) is 1. The largest absolute Gasteiger partial charge is 0.416 e. The van der Waals surface area contributed by atoms with Crippen molar-refractivity contribution < 1.29 is 13.2 Å². The molecule has 0 radical (unpaired) electrons. The number of likely N-dealkylation sites (tertiary alicyclic amines) is 1. The summed E-state index contributed by atoms with van der Waals surface area (Å²) >= 11 is 0. The second-order valence-electron chi connectivity index (χ2n) is 5.51. The Bertz CT molecular complexity index is 431. The van der Waals surface area contributed by atoms with Gasteiger partial charge in [-0.2, -0.15) is 13.2 Å². The number of alkyl halides is 3. The molecule has 1 aliphatic rings. The minimum atomic E-state index is -4.26. The van der Waals surface area contributed by atoms with Gasteiger partial charge in [0, 0.05) is 12.6 Å². The monoisotopic (exact) mass is 286 g/mol. The molecule has 2 rings (SSSR count). The Balaban J connectivity index is 1.90. The summed E-state index contributed by atoms with van der Waals surface area (Å²) in [4.78, 5) is 2.30. The predicted molar refractivity (Wildman–Crippen MR) is 73.4 cm³/mol. The molecule has 112 valence electrons. The van der Waals surface area contributed by atoms with Crippen molar-refractivity contribution in [1.82, 2.24) is 10.2 Å². The van der Waals surface area contributed by atoms with E-state index in [0.717, 1.165) is 38.4 Å². The molecule has 0 aliphatic carbocycles. The van der Waals surface area contributed by atoms with E-state index >= 15 is 0 Å². The van der Waals surface area contributed by atoms with Crippen molar-refractivity contribution >= 4 is 0 Å². The molecule has 1 aliphatic heterocycles. The number of nitrogens with one attached hydrogen (secondary N) is 1. The fourth-order valence-corrected chi connectivity index (χ4v) is 2.56. The van der Waals surface area contributed by atoms with Crippen molar-refractivity contribution in [3.8, 4) is 0 Å². The van der Waals surface area contributed by atoms with Crippen LogP contribution in [-0.2, 0) is 12.7 Å². The summed E-state index contributed by atoms with van der Waals surface area (Å²) in [5, 5.41) is 3.38. The van der Waals surface area contributed by atoms with E-state index in [2.05, 4.69) is 17.3 Å². The normalized spacial score (nSPS) is 21.7. The maximum atomic E-state index is 12.6. The van der Waals surface area contributed by atoms with Crippen molar-refractivity contribution in [3.05, 3.63) is 35.4 Å². The molecule has 2 nitrogen and oxygen atoms in total. The average molecular weight is 286 g/mol. The Morgan fingerprint density at radius 2 is 2.05 bits per heavy atom. The second kappa shape index (κ2) is 6.59. The SMILES string of the molecule is CN1CCCC(NCc2cccc(C(F)(F)F)c2)CC1. The summed E-state index contributed by atoms with van der Waals surface area (Å²) in [7, 11) is 2.11. The molecule has 1 N–H and O–H groups in total. The lowest BCUT2D eigenvalue weighted by Gasteiger charge is -2.17.